The van der Waals surface area contributed by atoms with E-state index in [-0.39, 0.29) is 12.7 Å². The Balaban J connectivity index is 1.90. The molecule has 0 amide bonds. The van der Waals surface area contributed by atoms with Gasteiger partial charge >= 0.3 is 5.97 Å². The molecule has 0 aliphatic carbocycles. The van der Waals surface area contributed by atoms with Gasteiger partial charge in [0.25, 0.3) is 0 Å². The average Bonchev–Trinajstić information content (AvgIpc) is 2.49. The zero-order valence-corrected chi connectivity index (χ0v) is 12.9. The Hall–Kier alpha value is -1.39. The van der Waals surface area contributed by atoms with E-state index in [9.17, 15) is 4.79 Å². The van der Waals surface area contributed by atoms with E-state index in [1.807, 2.05) is 0 Å². The highest BCUT2D eigenvalue weighted by Gasteiger charge is 2.25. The Labute approximate surface area is 126 Å². The third-order valence-corrected chi connectivity index (χ3v) is 4.21. The molecule has 1 atom stereocenters. The van der Waals surface area contributed by atoms with Gasteiger partial charge in [-0.1, -0.05) is 36.8 Å². The Morgan fingerprint density at radius 1 is 1.33 bits per heavy atom. The molecule has 1 aromatic carbocycles. The van der Waals surface area contributed by atoms with E-state index in [0.717, 1.165) is 32.4 Å². The number of carbonyl (C=O) groups is 1. The highest BCUT2D eigenvalue weighted by molar-refractivity contribution is 5.68. The highest BCUT2D eigenvalue weighted by Crippen LogP contribution is 2.28. The molecular formula is C17H25NO3. The first-order valence-corrected chi connectivity index (χ1v) is 7.74. The number of aryl methyl sites for hydroxylation is 1. The number of carboxylic acid groups (broad SMARTS) is 1. The van der Waals surface area contributed by atoms with Crippen molar-refractivity contribution in [2.24, 2.45) is 0 Å². The van der Waals surface area contributed by atoms with E-state index in [4.69, 9.17) is 9.84 Å². The van der Waals surface area contributed by atoms with Crippen LogP contribution in [0.3, 0.4) is 0 Å². The zero-order chi connectivity index (χ0) is 15.2. The molecule has 4 nitrogen and oxygen atoms in total. The molecule has 0 bridgehead atoms. The molecule has 4 heteroatoms. The topological polar surface area (TPSA) is 49.8 Å². The average molecular weight is 291 g/mol. The Kier molecular flexibility index (Phi) is 5.76. The summed E-state index contributed by atoms with van der Waals surface area (Å²) in [6.45, 7) is 6.08. The maximum atomic E-state index is 10.5. The van der Waals surface area contributed by atoms with E-state index in [1.165, 1.54) is 11.1 Å². The summed E-state index contributed by atoms with van der Waals surface area (Å²) in [5.41, 5.74) is 2.65. The molecule has 116 valence electrons. The fraction of sp³-hybridized carbons (Fsp3) is 0.588. The van der Waals surface area contributed by atoms with Gasteiger partial charge in [0.15, 0.2) is 0 Å². The molecule has 0 spiro atoms. The Bertz CT molecular complexity index is 450. The first-order valence-electron chi connectivity index (χ1n) is 7.74. The van der Waals surface area contributed by atoms with Crippen LogP contribution in [0.4, 0.5) is 0 Å². The van der Waals surface area contributed by atoms with Crippen LogP contribution in [0.2, 0.25) is 0 Å². The predicted molar refractivity (Wildman–Crippen MR) is 82.4 cm³/mol. The third kappa shape index (κ3) is 4.55. The van der Waals surface area contributed by atoms with E-state index < -0.39 is 5.97 Å². The molecule has 0 saturated carbocycles. The fourth-order valence-electron chi connectivity index (χ4n) is 3.04. The smallest absolute Gasteiger partial charge is 0.329 e. The Morgan fingerprint density at radius 3 is 2.48 bits per heavy atom. The number of hydrogen-bond donors (Lipinski definition) is 1. The number of carboxylic acids is 1. The van der Waals surface area contributed by atoms with Gasteiger partial charge in [-0.2, -0.15) is 0 Å². The fourth-order valence-corrected chi connectivity index (χ4v) is 3.04. The van der Waals surface area contributed by atoms with Crippen molar-refractivity contribution >= 4 is 5.97 Å². The monoisotopic (exact) mass is 291 g/mol. The molecule has 21 heavy (non-hydrogen) atoms. The van der Waals surface area contributed by atoms with Crippen molar-refractivity contribution in [1.29, 1.82) is 0 Å². The van der Waals surface area contributed by atoms with E-state index >= 15 is 0 Å². The third-order valence-electron chi connectivity index (χ3n) is 4.21. The lowest BCUT2D eigenvalue weighted by atomic mass is 9.98. The number of likely N-dealkylation sites (tertiary alicyclic amines) is 1. The summed E-state index contributed by atoms with van der Waals surface area (Å²) < 4.78 is 5.40. The highest BCUT2D eigenvalue weighted by atomic mass is 16.5. The van der Waals surface area contributed by atoms with Gasteiger partial charge in [-0.15, -0.1) is 0 Å². The van der Waals surface area contributed by atoms with Crippen LogP contribution in [0.5, 0.6) is 0 Å². The molecule has 0 radical (unpaired) electrons. The first-order chi connectivity index (χ1) is 10.1. The van der Waals surface area contributed by atoms with Crippen molar-refractivity contribution in [3.05, 3.63) is 35.4 Å². The van der Waals surface area contributed by atoms with Crippen LogP contribution in [0, 0.1) is 6.92 Å². The molecular weight excluding hydrogens is 266 g/mol. The second-order valence-corrected chi connectivity index (χ2v) is 5.77. The molecule has 1 N–H and O–H groups in total. The number of aliphatic carboxylic acids is 1. The second kappa shape index (κ2) is 7.57. The molecule has 1 aliphatic rings. The van der Waals surface area contributed by atoms with Gasteiger partial charge in [-0.25, -0.2) is 4.79 Å². The number of benzene rings is 1. The van der Waals surface area contributed by atoms with Crippen molar-refractivity contribution in [2.75, 3.05) is 19.7 Å². The zero-order valence-electron chi connectivity index (χ0n) is 12.9. The maximum absolute atomic E-state index is 10.5. The van der Waals surface area contributed by atoms with Crippen molar-refractivity contribution in [3.63, 3.8) is 0 Å². The minimum atomic E-state index is -0.886. The number of nitrogens with zero attached hydrogens (tertiary/aromatic N) is 1. The van der Waals surface area contributed by atoms with Crippen LogP contribution in [0.15, 0.2) is 24.3 Å². The second-order valence-electron chi connectivity index (χ2n) is 5.77. The van der Waals surface area contributed by atoms with Gasteiger partial charge in [0.05, 0.1) is 6.10 Å². The van der Waals surface area contributed by atoms with E-state index in [2.05, 4.69) is 43.0 Å². The summed E-state index contributed by atoms with van der Waals surface area (Å²) in [4.78, 5) is 13.0. The minimum Gasteiger partial charge on any atom is -0.480 e. The molecule has 0 aromatic heterocycles. The molecule has 1 fully saturated rings. The molecule has 1 aromatic rings. The summed E-state index contributed by atoms with van der Waals surface area (Å²) in [5, 5.41) is 8.66. The van der Waals surface area contributed by atoms with Crippen LogP contribution >= 0.6 is 0 Å². The lowest BCUT2D eigenvalue weighted by Crippen LogP contribution is -2.39. The van der Waals surface area contributed by atoms with Crippen LogP contribution < -0.4 is 0 Å². The largest absolute Gasteiger partial charge is 0.480 e. The molecule has 1 unspecified atom stereocenters. The standard InChI is InChI=1S/C17H25NO3/c1-3-16(14-6-4-13(2)5-7-14)18-10-8-15(9-11-18)21-12-17(19)20/h4-7,15-16H,3,8-12H2,1-2H3,(H,19,20). The van der Waals surface area contributed by atoms with Crippen molar-refractivity contribution in [2.45, 2.75) is 45.3 Å². The van der Waals surface area contributed by atoms with Crippen LogP contribution in [-0.4, -0.2) is 41.8 Å². The van der Waals surface area contributed by atoms with Gasteiger partial charge in [-0.05, 0) is 31.7 Å². The first kappa shape index (κ1) is 16.0. The molecule has 1 saturated heterocycles. The quantitative estimate of drug-likeness (QED) is 0.875. The summed E-state index contributed by atoms with van der Waals surface area (Å²) in [7, 11) is 0. The Morgan fingerprint density at radius 2 is 1.95 bits per heavy atom. The number of hydrogen-bond acceptors (Lipinski definition) is 3. The van der Waals surface area contributed by atoms with Crippen LogP contribution in [0.25, 0.3) is 0 Å². The normalized spacial score (nSPS) is 18.6. The molecule has 2 rings (SSSR count). The number of piperidine rings is 1. The van der Waals surface area contributed by atoms with E-state index in [0.29, 0.717) is 6.04 Å². The van der Waals surface area contributed by atoms with Crippen LogP contribution in [-0.2, 0) is 9.53 Å². The predicted octanol–water partition coefficient (Wildman–Crippen LogP) is 3.01. The lowest BCUT2D eigenvalue weighted by molar-refractivity contribution is -0.145. The van der Waals surface area contributed by atoms with Gasteiger partial charge in [0.1, 0.15) is 6.61 Å². The van der Waals surface area contributed by atoms with Gasteiger partial charge < -0.3 is 9.84 Å². The summed E-state index contributed by atoms with van der Waals surface area (Å²) in [6.07, 6.45) is 3.00. The van der Waals surface area contributed by atoms with Crippen molar-refractivity contribution in [1.82, 2.24) is 4.90 Å². The minimum absolute atomic E-state index is 0.0906. The van der Waals surface area contributed by atoms with E-state index in [1.54, 1.807) is 0 Å². The number of rotatable bonds is 6. The summed E-state index contributed by atoms with van der Waals surface area (Å²) >= 11 is 0. The van der Waals surface area contributed by atoms with Crippen molar-refractivity contribution in [3.8, 4) is 0 Å². The van der Waals surface area contributed by atoms with Gasteiger partial charge in [0.2, 0.25) is 0 Å². The molecule has 1 heterocycles. The number of ether oxygens (including phenoxy) is 1. The maximum Gasteiger partial charge on any atom is 0.329 e. The summed E-state index contributed by atoms with van der Waals surface area (Å²) in [6, 6.07) is 9.22. The lowest BCUT2D eigenvalue weighted by Gasteiger charge is -2.37. The van der Waals surface area contributed by atoms with Crippen LogP contribution in [0.1, 0.15) is 43.4 Å². The summed E-state index contributed by atoms with van der Waals surface area (Å²) in [5.74, 6) is -0.886. The molecule has 1 aliphatic heterocycles. The van der Waals surface area contributed by atoms with Gasteiger partial charge in [-0.3, -0.25) is 4.90 Å². The van der Waals surface area contributed by atoms with Gasteiger partial charge in [0, 0.05) is 19.1 Å². The SMILES string of the molecule is CCC(c1ccc(C)cc1)N1CCC(OCC(=O)O)CC1. The van der Waals surface area contributed by atoms with Crippen molar-refractivity contribution < 1.29 is 14.6 Å².